The third-order valence-corrected chi connectivity index (χ3v) is 3.97. The van der Waals surface area contributed by atoms with Gasteiger partial charge in [-0.2, -0.15) is 0 Å². The molecule has 0 saturated heterocycles. The van der Waals surface area contributed by atoms with E-state index >= 15 is 0 Å². The van der Waals surface area contributed by atoms with Crippen LogP contribution in [0.15, 0.2) is 54.9 Å². The first kappa shape index (κ1) is 12.8. The van der Waals surface area contributed by atoms with E-state index in [1.54, 1.807) is 0 Å². The number of nitrogens with one attached hydrogen (secondary N) is 1. The minimum Gasteiger partial charge on any atom is -0.340 e. The molecule has 3 heterocycles. The lowest BCUT2D eigenvalue weighted by Crippen LogP contribution is -1.96. The average molecular weight is 288 g/mol. The second kappa shape index (κ2) is 4.84. The highest BCUT2D eigenvalue weighted by molar-refractivity contribution is 6.06. The van der Waals surface area contributed by atoms with Crippen molar-refractivity contribution >= 4 is 33.4 Å². The van der Waals surface area contributed by atoms with Crippen molar-refractivity contribution in [2.75, 3.05) is 5.32 Å². The predicted octanol–water partition coefficient (Wildman–Crippen LogP) is 4.17. The van der Waals surface area contributed by atoms with Crippen molar-refractivity contribution in [1.82, 2.24) is 14.5 Å². The van der Waals surface area contributed by atoms with Gasteiger partial charge in [-0.05, 0) is 37.3 Å². The number of nitrogens with zero attached hydrogens (tertiary/aromatic N) is 3. The molecule has 4 aromatic rings. The molecule has 0 aliphatic carbocycles. The van der Waals surface area contributed by atoms with Crippen LogP contribution in [0, 0.1) is 6.92 Å². The number of rotatable bonds is 2. The van der Waals surface area contributed by atoms with Crippen molar-refractivity contribution in [3.8, 4) is 0 Å². The van der Waals surface area contributed by atoms with E-state index in [0.29, 0.717) is 0 Å². The third kappa shape index (κ3) is 2.00. The highest BCUT2D eigenvalue weighted by Gasteiger charge is 2.09. The Morgan fingerprint density at radius 2 is 1.77 bits per heavy atom. The highest BCUT2D eigenvalue weighted by atomic mass is 15.1. The van der Waals surface area contributed by atoms with E-state index in [-0.39, 0.29) is 0 Å². The molecule has 0 aliphatic rings. The van der Waals surface area contributed by atoms with Crippen molar-refractivity contribution in [2.45, 2.75) is 6.92 Å². The Hall–Kier alpha value is -2.88. The van der Waals surface area contributed by atoms with E-state index in [4.69, 9.17) is 4.98 Å². The Kier molecular flexibility index (Phi) is 2.82. The van der Waals surface area contributed by atoms with Crippen LogP contribution in [0.3, 0.4) is 0 Å². The Balaban J connectivity index is 1.82. The zero-order valence-corrected chi connectivity index (χ0v) is 12.5. The van der Waals surface area contributed by atoms with Gasteiger partial charge in [0.2, 0.25) is 0 Å². The lowest BCUT2D eigenvalue weighted by molar-refractivity contribution is 0.989. The van der Waals surface area contributed by atoms with Crippen molar-refractivity contribution < 1.29 is 0 Å². The monoisotopic (exact) mass is 288 g/mol. The summed E-state index contributed by atoms with van der Waals surface area (Å²) in [5, 5.41) is 5.61. The number of hydrogen-bond donors (Lipinski definition) is 1. The fourth-order valence-corrected chi connectivity index (χ4v) is 2.77. The standard InChI is InChI=1S/C18H16N4/c1-12-3-5-13(6-4-12)20-17-8-7-14-15-11-19-10-9-16(15)22(2)18(14)21-17/h3-11H,1-2H3,(H,20,21). The molecule has 4 nitrogen and oxygen atoms in total. The number of fused-ring (bicyclic) bond motifs is 3. The molecule has 0 aliphatic heterocycles. The summed E-state index contributed by atoms with van der Waals surface area (Å²) in [7, 11) is 2.04. The molecule has 4 heteroatoms. The van der Waals surface area contributed by atoms with Gasteiger partial charge in [-0.3, -0.25) is 4.98 Å². The molecule has 3 aromatic heterocycles. The van der Waals surface area contributed by atoms with E-state index in [1.165, 1.54) is 5.56 Å². The fourth-order valence-electron chi connectivity index (χ4n) is 2.77. The van der Waals surface area contributed by atoms with E-state index < -0.39 is 0 Å². The normalized spacial score (nSPS) is 11.2. The average Bonchev–Trinajstić information content (AvgIpc) is 2.83. The fraction of sp³-hybridized carbons (Fsp3) is 0.111. The van der Waals surface area contributed by atoms with Gasteiger partial charge in [0.25, 0.3) is 0 Å². The van der Waals surface area contributed by atoms with Crippen LogP contribution in [0.5, 0.6) is 0 Å². The molecule has 1 aromatic carbocycles. The lowest BCUT2D eigenvalue weighted by atomic mass is 10.2. The zero-order chi connectivity index (χ0) is 15.1. The van der Waals surface area contributed by atoms with Crippen molar-refractivity contribution in [3.63, 3.8) is 0 Å². The van der Waals surface area contributed by atoms with Crippen LogP contribution in [0.4, 0.5) is 11.5 Å². The van der Waals surface area contributed by atoms with Crippen LogP contribution in [0.1, 0.15) is 5.56 Å². The number of pyridine rings is 2. The molecule has 22 heavy (non-hydrogen) atoms. The summed E-state index contributed by atoms with van der Waals surface area (Å²) in [5.41, 5.74) is 4.39. The molecule has 0 amide bonds. The molecule has 0 atom stereocenters. The molecule has 0 unspecified atom stereocenters. The smallest absolute Gasteiger partial charge is 0.143 e. The van der Waals surface area contributed by atoms with Gasteiger partial charge in [-0.25, -0.2) is 4.98 Å². The quantitative estimate of drug-likeness (QED) is 0.602. The van der Waals surface area contributed by atoms with Gasteiger partial charge in [0, 0.05) is 35.9 Å². The Labute approximate surface area is 128 Å². The van der Waals surface area contributed by atoms with Crippen LogP contribution in [-0.2, 0) is 7.05 Å². The summed E-state index contributed by atoms with van der Waals surface area (Å²) < 4.78 is 2.10. The molecular weight excluding hydrogens is 272 g/mol. The van der Waals surface area contributed by atoms with Gasteiger partial charge in [-0.15, -0.1) is 0 Å². The van der Waals surface area contributed by atoms with E-state index in [9.17, 15) is 0 Å². The Morgan fingerprint density at radius 3 is 2.59 bits per heavy atom. The van der Waals surface area contributed by atoms with E-state index in [0.717, 1.165) is 33.4 Å². The first-order chi connectivity index (χ1) is 10.7. The SMILES string of the molecule is Cc1ccc(Nc2ccc3c4cnccc4n(C)c3n2)cc1. The summed E-state index contributed by atoms with van der Waals surface area (Å²) in [6.45, 7) is 2.08. The molecule has 0 saturated carbocycles. The maximum atomic E-state index is 4.75. The summed E-state index contributed by atoms with van der Waals surface area (Å²) in [5.74, 6) is 0.843. The molecule has 1 N–H and O–H groups in total. The topological polar surface area (TPSA) is 42.7 Å². The molecule has 0 radical (unpaired) electrons. The predicted molar refractivity (Wildman–Crippen MR) is 90.5 cm³/mol. The molecular formula is C18H16N4. The van der Waals surface area contributed by atoms with Crippen LogP contribution in [-0.4, -0.2) is 14.5 Å². The second-order valence-electron chi connectivity index (χ2n) is 5.51. The minimum absolute atomic E-state index is 0.843. The van der Waals surface area contributed by atoms with Gasteiger partial charge < -0.3 is 9.88 Å². The van der Waals surface area contributed by atoms with Gasteiger partial charge in [-0.1, -0.05) is 17.7 Å². The van der Waals surface area contributed by atoms with Crippen LogP contribution in [0.2, 0.25) is 0 Å². The molecule has 108 valence electrons. The maximum Gasteiger partial charge on any atom is 0.143 e. The van der Waals surface area contributed by atoms with E-state index in [2.05, 4.69) is 52.1 Å². The number of benzene rings is 1. The van der Waals surface area contributed by atoms with Crippen LogP contribution in [0.25, 0.3) is 21.9 Å². The van der Waals surface area contributed by atoms with Crippen LogP contribution >= 0.6 is 0 Å². The van der Waals surface area contributed by atoms with E-state index in [1.807, 2.05) is 31.6 Å². The summed E-state index contributed by atoms with van der Waals surface area (Å²) in [6.07, 6.45) is 3.71. The van der Waals surface area contributed by atoms with Gasteiger partial charge in [0.05, 0.1) is 5.52 Å². The minimum atomic E-state index is 0.843. The van der Waals surface area contributed by atoms with Gasteiger partial charge in [0.1, 0.15) is 11.5 Å². The van der Waals surface area contributed by atoms with Crippen molar-refractivity contribution in [2.24, 2.45) is 7.05 Å². The molecule has 4 rings (SSSR count). The van der Waals surface area contributed by atoms with Crippen molar-refractivity contribution in [1.29, 1.82) is 0 Å². The summed E-state index contributed by atoms with van der Waals surface area (Å²) in [6, 6.07) is 14.4. The first-order valence-corrected chi connectivity index (χ1v) is 7.25. The Bertz CT molecular complexity index is 968. The first-order valence-electron chi connectivity index (χ1n) is 7.25. The number of aromatic nitrogens is 3. The van der Waals surface area contributed by atoms with Gasteiger partial charge >= 0.3 is 0 Å². The van der Waals surface area contributed by atoms with Crippen LogP contribution < -0.4 is 5.32 Å². The summed E-state index contributed by atoms with van der Waals surface area (Å²) >= 11 is 0. The maximum absolute atomic E-state index is 4.75. The van der Waals surface area contributed by atoms with Gasteiger partial charge in [0.15, 0.2) is 0 Å². The largest absolute Gasteiger partial charge is 0.340 e. The number of hydrogen-bond acceptors (Lipinski definition) is 3. The molecule has 0 spiro atoms. The highest BCUT2D eigenvalue weighted by Crippen LogP contribution is 2.27. The molecule has 0 bridgehead atoms. The lowest BCUT2D eigenvalue weighted by Gasteiger charge is -2.06. The Morgan fingerprint density at radius 1 is 0.955 bits per heavy atom. The third-order valence-electron chi connectivity index (χ3n) is 3.97. The molecule has 0 fully saturated rings. The number of aryl methyl sites for hydroxylation is 2. The zero-order valence-electron chi connectivity index (χ0n) is 12.5. The number of anilines is 2. The van der Waals surface area contributed by atoms with Crippen molar-refractivity contribution in [3.05, 3.63) is 60.4 Å². The summed E-state index contributed by atoms with van der Waals surface area (Å²) in [4.78, 5) is 8.97. The second-order valence-corrected chi connectivity index (χ2v) is 5.51.